The first kappa shape index (κ1) is 30.2. The van der Waals surface area contributed by atoms with Crippen molar-refractivity contribution < 1.29 is 38.0 Å². The molecule has 0 aliphatic rings. The molecule has 2 atom stereocenters. The number of hydrogen-bond donors (Lipinski definition) is 0. The molecule has 0 aromatic rings. The van der Waals surface area contributed by atoms with E-state index in [-0.39, 0.29) is 44.1 Å². The standard InChI is InChI=1S/2C9H18O4.CH4/c2*1-7(13-9(2,3)4)6-12-8(10)11-5;/h2*7H,6H2,1-5H3;1H4. The Kier molecular flexibility index (Phi) is 16.2. The van der Waals surface area contributed by atoms with Crippen LogP contribution in [0, 0.1) is 0 Å². The summed E-state index contributed by atoms with van der Waals surface area (Å²) in [5.74, 6) is 0. The monoisotopic (exact) mass is 396 g/mol. The number of methoxy groups -OCH3 is 2. The number of rotatable bonds is 6. The maximum Gasteiger partial charge on any atom is 0.508 e. The molecular formula is C19H40O8. The first-order chi connectivity index (χ1) is 11.7. The molecule has 0 saturated carbocycles. The second-order valence-corrected chi connectivity index (χ2v) is 7.61. The smallest absolute Gasteiger partial charge is 0.438 e. The maximum absolute atomic E-state index is 10.6. The fourth-order valence-corrected chi connectivity index (χ4v) is 1.76. The summed E-state index contributed by atoms with van der Waals surface area (Å²) in [6, 6.07) is 0. The Hall–Kier alpha value is -1.54. The molecule has 2 unspecified atom stereocenters. The number of hydrogen-bond acceptors (Lipinski definition) is 8. The van der Waals surface area contributed by atoms with Crippen LogP contribution >= 0.6 is 0 Å². The summed E-state index contributed by atoms with van der Waals surface area (Å²) in [5, 5.41) is 0. The number of carbonyl (C=O) groups excluding carboxylic acids is 2. The third kappa shape index (κ3) is 24.5. The molecule has 0 amide bonds. The largest absolute Gasteiger partial charge is 0.508 e. The van der Waals surface area contributed by atoms with E-state index in [0.717, 1.165) is 0 Å². The summed E-state index contributed by atoms with van der Waals surface area (Å²) in [4.78, 5) is 21.2. The Morgan fingerprint density at radius 2 is 0.963 bits per heavy atom. The molecule has 0 heterocycles. The summed E-state index contributed by atoms with van der Waals surface area (Å²) >= 11 is 0. The van der Waals surface area contributed by atoms with E-state index in [1.54, 1.807) is 0 Å². The number of carbonyl (C=O) groups is 2. The molecular weight excluding hydrogens is 356 g/mol. The van der Waals surface area contributed by atoms with E-state index in [0.29, 0.717) is 0 Å². The van der Waals surface area contributed by atoms with Crippen molar-refractivity contribution in [2.75, 3.05) is 27.4 Å². The van der Waals surface area contributed by atoms with Crippen LogP contribution in [0.15, 0.2) is 0 Å². The zero-order chi connectivity index (χ0) is 21.0. The molecule has 0 fully saturated rings. The van der Waals surface area contributed by atoms with Crippen LogP contribution in [0.3, 0.4) is 0 Å². The van der Waals surface area contributed by atoms with Crippen LogP contribution < -0.4 is 0 Å². The van der Waals surface area contributed by atoms with Crippen molar-refractivity contribution in [1.29, 1.82) is 0 Å². The molecule has 0 saturated heterocycles. The first-order valence-corrected chi connectivity index (χ1v) is 8.47. The van der Waals surface area contributed by atoms with Gasteiger partial charge >= 0.3 is 12.3 Å². The average Bonchev–Trinajstić information content (AvgIpc) is 2.47. The molecule has 27 heavy (non-hydrogen) atoms. The van der Waals surface area contributed by atoms with Gasteiger partial charge in [-0.3, -0.25) is 0 Å². The minimum Gasteiger partial charge on any atom is -0.438 e. The van der Waals surface area contributed by atoms with Crippen molar-refractivity contribution >= 4 is 12.3 Å². The zero-order valence-corrected chi connectivity index (χ0v) is 17.8. The molecule has 8 heteroatoms. The Bertz CT molecular complexity index is 357. The van der Waals surface area contributed by atoms with Gasteiger partial charge in [0.05, 0.1) is 37.6 Å². The van der Waals surface area contributed by atoms with Gasteiger partial charge in [0.25, 0.3) is 0 Å². The van der Waals surface area contributed by atoms with Crippen LogP contribution in [0.4, 0.5) is 9.59 Å². The molecule has 0 aliphatic heterocycles. The summed E-state index contributed by atoms with van der Waals surface area (Å²) in [5.41, 5.74) is -0.447. The quantitative estimate of drug-likeness (QED) is 0.603. The van der Waals surface area contributed by atoms with Crippen LogP contribution in [-0.4, -0.2) is 63.2 Å². The third-order valence-electron chi connectivity index (χ3n) is 2.31. The molecule has 164 valence electrons. The van der Waals surface area contributed by atoms with Crippen LogP contribution in [0.1, 0.15) is 62.8 Å². The van der Waals surface area contributed by atoms with Gasteiger partial charge in [-0.05, 0) is 55.4 Å². The molecule has 0 aliphatic carbocycles. The summed E-state index contributed by atoms with van der Waals surface area (Å²) in [7, 11) is 2.55. The summed E-state index contributed by atoms with van der Waals surface area (Å²) in [6.45, 7) is 15.8. The van der Waals surface area contributed by atoms with Crippen molar-refractivity contribution in [2.24, 2.45) is 0 Å². The fourth-order valence-electron chi connectivity index (χ4n) is 1.76. The van der Waals surface area contributed by atoms with Crippen LogP contribution in [0.2, 0.25) is 0 Å². The highest BCUT2D eigenvalue weighted by Crippen LogP contribution is 2.11. The van der Waals surface area contributed by atoms with E-state index in [4.69, 9.17) is 18.9 Å². The van der Waals surface area contributed by atoms with Gasteiger partial charge < -0.3 is 28.4 Å². The lowest BCUT2D eigenvalue weighted by molar-refractivity contribution is -0.0782. The Labute approximate surface area is 164 Å². The van der Waals surface area contributed by atoms with Gasteiger partial charge in [-0.2, -0.15) is 0 Å². The van der Waals surface area contributed by atoms with Crippen molar-refractivity contribution in [1.82, 2.24) is 0 Å². The average molecular weight is 397 g/mol. The lowest BCUT2D eigenvalue weighted by Crippen LogP contribution is -2.29. The van der Waals surface area contributed by atoms with Gasteiger partial charge in [0.2, 0.25) is 0 Å². The van der Waals surface area contributed by atoms with E-state index in [9.17, 15) is 9.59 Å². The van der Waals surface area contributed by atoms with Gasteiger partial charge in [0, 0.05) is 0 Å². The predicted molar refractivity (Wildman–Crippen MR) is 104 cm³/mol. The van der Waals surface area contributed by atoms with Gasteiger partial charge in [0.1, 0.15) is 13.2 Å². The van der Waals surface area contributed by atoms with E-state index in [1.165, 1.54) is 14.2 Å². The Morgan fingerprint density at radius 3 is 1.15 bits per heavy atom. The van der Waals surface area contributed by atoms with E-state index in [2.05, 4.69) is 9.47 Å². The molecule has 0 rings (SSSR count). The third-order valence-corrected chi connectivity index (χ3v) is 2.31. The second-order valence-electron chi connectivity index (χ2n) is 7.61. The summed E-state index contributed by atoms with van der Waals surface area (Å²) in [6.07, 6.45) is -1.60. The van der Waals surface area contributed by atoms with Crippen molar-refractivity contribution in [3.63, 3.8) is 0 Å². The van der Waals surface area contributed by atoms with Crippen molar-refractivity contribution in [2.45, 2.75) is 86.2 Å². The molecule has 0 bridgehead atoms. The van der Waals surface area contributed by atoms with E-state index < -0.39 is 12.3 Å². The maximum atomic E-state index is 10.6. The van der Waals surface area contributed by atoms with Gasteiger partial charge in [0.15, 0.2) is 0 Å². The van der Waals surface area contributed by atoms with Gasteiger partial charge in [-0.1, -0.05) is 7.43 Å². The van der Waals surface area contributed by atoms with Crippen LogP contribution in [0.25, 0.3) is 0 Å². The van der Waals surface area contributed by atoms with Crippen LogP contribution in [0.5, 0.6) is 0 Å². The minimum absolute atomic E-state index is 0. The number of ether oxygens (including phenoxy) is 6. The molecule has 0 aromatic heterocycles. The fraction of sp³-hybridized carbons (Fsp3) is 0.895. The SMILES string of the molecule is C.COC(=O)OCC(C)OC(C)(C)C.COC(=O)OCC(C)OC(C)(C)C. The zero-order valence-electron chi connectivity index (χ0n) is 17.8. The lowest BCUT2D eigenvalue weighted by atomic mass is 10.2. The topological polar surface area (TPSA) is 89.5 Å². The van der Waals surface area contributed by atoms with Crippen molar-refractivity contribution in [3.05, 3.63) is 0 Å². The molecule has 0 spiro atoms. The highest BCUT2D eigenvalue weighted by molar-refractivity contribution is 5.59. The molecule has 0 aromatic carbocycles. The van der Waals surface area contributed by atoms with E-state index >= 15 is 0 Å². The predicted octanol–water partition coefficient (Wildman–Crippen LogP) is 4.58. The lowest BCUT2D eigenvalue weighted by Gasteiger charge is -2.24. The highest BCUT2D eigenvalue weighted by Gasteiger charge is 2.17. The molecule has 0 N–H and O–H groups in total. The van der Waals surface area contributed by atoms with E-state index in [1.807, 2.05) is 55.4 Å². The second kappa shape index (κ2) is 14.5. The molecule has 8 nitrogen and oxygen atoms in total. The first-order valence-electron chi connectivity index (χ1n) is 8.47. The van der Waals surface area contributed by atoms with Gasteiger partial charge in [-0.15, -0.1) is 0 Å². The van der Waals surface area contributed by atoms with Crippen molar-refractivity contribution in [3.8, 4) is 0 Å². The normalized spacial score (nSPS) is 13.1. The highest BCUT2D eigenvalue weighted by atomic mass is 16.7. The molecule has 0 radical (unpaired) electrons. The van der Waals surface area contributed by atoms with Gasteiger partial charge in [-0.25, -0.2) is 9.59 Å². The minimum atomic E-state index is -0.677. The Balaban J connectivity index is -0.000000411. The summed E-state index contributed by atoms with van der Waals surface area (Å²) < 4.78 is 29.1. The Morgan fingerprint density at radius 1 is 0.704 bits per heavy atom. The van der Waals surface area contributed by atoms with Crippen LogP contribution in [-0.2, 0) is 28.4 Å².